The van der Waals surface area contributed by atoms with Gasteiger partial charge in [-0.2, -0.15) is 0 Å². The van der Waals surface area contributed by atoms with Crippen LogP contribution in [0.25, 0.3) is 0 Å². The first-order valence-corrected chi connectivity index (χ1v) is 12.3. The number of nitrogens with zero attached hydrogens (tertiary/aromatic N) is 1. The molecule has 3 rings (SSSR count). The van der Waals surface area contributed by atoms with Gasteiger partial charge in [0, 0.05) is 31.9 Å². The summed E-state index contributed by atoms with van der Waals surface area (Å²) < 4.78 is 12.1. The Kier molecular flexibility index (Phi) is 8.79. The van der Waals surface area contributed by atoms with Crippen LogP contribution in [0.1, 0.15) is 66.2 Å². The number of likely N-dealkylation sites (tertiary alicyclic amines) is 1. The van der Waals surface area contributed by atoms with E-state index in [2.05, 4.69) is 37.9 Å². The highest BCUT2D eigenvalue weighted by molar-refractivity contribution is 5.97. The van der Waals surface area contributed by atoms with Crippen LogP contribution in [0.3, 0.4) is 0 Å². The minimum Gasteiger partial charge on any atom is -0.492 e. The number of amides is 1. The molecule has 1 aromatic carbocycles. The van der Waals surface area contributed by atoms with E-state index in [9.17, 15) is 4.79 Å². The maximum absolute atomic E-state index is 13.1. The van der Waals surface area contributed by atoms with Crippen molar-refractivity contribution >= 4 is 11.6 Å². The topological polar surface area (TPSA) is 50.8 Å². The molecule has 31 heavy (non-hydrogen) atoms. The number of anilines is 1. The Morgan fingerprint density at radius 1 is 1.03 bits per heavy atom. The van der Waals surface area contributed by atoms with Crippen molar-refractivity contribution < 1.29 is 14.3 Å². The molecule has 2 atom stereocenters. The number of ether oxygens (including phenoxy) is 2. The molecule has 5 heteroatoms. The Balaban J connectivity index is 1.49. The molecule has 1 amide bonds. The van der Waals surface area contributed by atoms with E-state index in [0.717, 1.165) is 61.9 Å². The molecule has 0 radical (unpaired) electrons. The SMILES string of the molecule is CCCOC1(C(=O)Nc2ccc(OCCN3C[C@H](C)C[C@@H](C)C3)cc2)CCC(C)CC1. The van der Waals surface area contributed by atoms with Gasteiger partial charge in [-0.05, 0) is 80.5 Å². The van der Waals surface area contributed by atoms with Gasteiger partial charge < -0.3 is 14.8 Å². The average Bonchev–Trinajstić information content (AvgIpc) is 2.74. The quantitative estimate of drug-likeness (QED) is 0.573. The van der Waals surface area contributed by atoms with Crippen molar-refractivity contribution in [3.05, 3.63) is 24.3 Å². The molecule has 0 spiro atoms. The van der Waals surface area contributed by atoms with Crippen LogP contribution in [-0.4, -0.2) is 49.3 Å². The summed E-state index contributed by atoms with van der Waals surface area (Å²) in [6.45, 7) is 13.6. The standard InChI is InChI=1S/C26H42N2O3/c1-5-15-31-26(12-10-20(2)11-13-26)25(29)27-23-6-8-24(9-7-23)30-16-14-28-18-21(3)17-22(4)19-28/h6-9,20-22H,5,10-19H2,1-4H3,(H,27,29)/t20?,21-,22-,26?/m1/s1. The van der Waals surface area contributed by atoms with Gasteiger partial charge in [0.2, 0.25) is 0 Å². The number of rotatable bonds is 9. The lowest BCUT2D eigenvalue weighted by Crippen LogP contribution is -2.48. The van der Waals surface area contributed by atoms with Crippen molar-refractivity contribution in [3.63, 3.8) is 0 Å². The molecule has 1 saturated heterocycles. The van der Waals surface area contributed by atoms with Gasteiger partial charge in [-0.1, -0.05) is 27.7 Å². The number of hydrogen-bond acceptors (Lipinski definition) is 4. The van der Waals surface area contributed by atoms with Crippen molar-refractivity contribution in [1.29, 1.82) is 0 Å². The third-order valence-electron chi connectivity index (χ3n) is 6.81. The van der Waals surface area contributed by atoms with E-state index in [1.54, 1.807) is 0 Å². The summed E-state index contributed by atoms with van der Waals surface area (Å²) in [6.07, 6.45) is 5.93. The minimum absolute atomic E-state index is 0.00476. The normalized spacial score (nSPS) is 29.5. The van der Waals surface area contributed by atoms with Gasteiger partial charge in [-0.15, -0.1) is 0 Å². The van der Waals surface area contributed by atoms with Crippen LogP contribution in [0, 0.1) is 17.8 Å². The first kappa shape index (κ1) is 24.1. The number of benzene rings is 1. The second kappa shape index (κ2) is 11.3. The largest absolute Gasteiger partial charge is 0.492 e. The van der Waals surface area contributed by atoms with E-state index >= 15 is 0 Å². The molecule has 174 valence electrons. The van der Waals surface area contributed by atoms with E-state index < -0.39 is 5.60 Å². The van der Waals surface area contributed by atoms with Crippen molar-refractivity contribution in [1.82, 2.24) is 4.90 Å². The molecular weight excluding hydrogens is 388 g/mol. The van der Waals surface area contributed by atoms with Crippen molar-refractivity contribution in [3.8, 4) is 5.75 Å². The van der Waals surface area contributed by atoms with Crippen LogP contribution in [-0.2, 0) is 9.53 Å². The van der Waals surface area contributed by atoms with Gasteiger partial charge in [0.25, 0.3) is 5.91 Å². The van der Waals surface area contributed by atoms with Gasteiger partial charge in [-0.25, -0.2) is 0 Å². The molecule has 1 saturated carbocycles. The van der Waals surface area contributed by atoms with Gasteiger partial charge in [0.1, 0.15) is 18.0 Å². The summed E-state index contributed by atoms with van der Waals surface area (Å²) >= 11 is 0. The first-order chi connectivity index (χ1) is 14.9. The average molecular weight is 431 g/mol. The summed E-state index contributed by atoms with van der Waals surface area (Å²) in [5.74, 6) is 3.04. The molecule has 1 aliphatic carbocycles. The molecule has 2 aliphatic rings. The highest BCUT2D eigenvalue weighted by atomic mass is 16.5. The van der Waals surface area contributed by atoms with E-state index in [0.29, 0.717) is 19.1 Å². The number of piperidine rings is 1. The van der Waals surface area contributed by atoms with E-state index in [1.165, 1.54) is 19.5 Å². The van der Waals surface area contributed by atoms with Crippen LogP contribution in [0.4, 0.5) is 5.69 Å². The highest BCUT2D eigenvalue weighted by Crippen LogP contribution is 2.36. The van der Waals surface area contributed by atoms with Gasteiger partial charge in [0.05, 0.1) is 0 Å². The summed E-state index contributed by atoms with van der Waals surface area (Å²) in [6, 6.07) is 7.74. The lowest BCUT2D eigenvalue weighted by Gasteiger charge is -2.38. The maximum atomic E-state index is 13.1. The Labute approximate surface area is 188 Å². The monoisotopic (exact) mass is 430 g/mol. The van der Waals surface area contributed by atoms with Crippen molar-refractivity contribution in [2.24, 2.45) is 17.8 Å². The molecule has 1 N–H and O–H groups in total. The molecule has 5 nitrogen and oxygen atoms in total. The van der Waals surface area contributed by atoms with Crippen molar-refractivity contribution in [2.75, 3.05) is 38.2 Å². The third-order valence-corrected chi connectivity index (χ3v) is 6.81. The molecule has 1 aromatic rings. The van der Waals surface area contributed by atoms with Crippen LogP contribution in [0.5, 0.6) is 5.75 Å². The zero-order valence-electron chi connectivity index (χ0n) is 20.0. The second-order valence-electron chi connectivity index (χ2n) is 10.1. The van der Waals surface area contributed by atoms with Crippen LogP contribution in [0.15, 0.2) is 24.3 Å². The Morgan fingerprint density at radius 2 is 1.68 bits per heavy atom. The molecule has 0 bridgehead atoms. The summed E-state index contributed by atoms with van der Waals surface area (Å²) in [4.78, 5) is 15.6. The molecule has 1 aliphatic heterocycles. The first-order valence-electron chi connectivity index (χ1n) is 12.3. The van der Waals surface area contributed by atoms with Crippen LogP contribution < -0.4 is 10.1 Å². The molecule has 0 unspecified atom stereocenters. The van der Waals surface area contributed by atoms with Crippen molar-refractivity contribution in [2.45, 2.75) is 71.8 Å². The molecular formula is C26H42N2O3. The number of hydrogen-bond donors (Lipinski definition) is 1. The Hall–Kier alpha value is -1.59. The predicted molar refractivity (Wildman–Crippen MR) is 127 cm³/mol. The predicted octanol–water partition coefficient (Wildman–Crippen LogP) is 5.36. The fraction of sp³-hybridized carbons (Fsp3) is 0.731. The smallest absolute Gasteiger partial charge is 0.256 e. The van der Waals surface area contributed by atoms with Gasteiger partial charge in [-0.3, -0.25) is 9.69 Å². The summed E-state index contributed by atoms with van der Waals surface area (Å²) in [7, 11) is 0. The molecule has 2 fully saturated rings. The maximum Gasteiger partial charge on any atom is 0.256 e. The molecule has 1 heterocycles. The summed E-state index contributed by atoms with van der Waals surface area (Å²) in [5, 5.41) is 3.09. The van der Waals surface area contributed by atoms with Crippen LogP contribution in [0.2, 0.25) is 0 Å². The zero-order valence-corrected chi connectivity index (χ0v) is 20.0. The Morgan fingerprint density at radius 3 is 2.29 bits per heavy atom. The Bertz CT molecular complexity index is 667. The van der Waals surface area contributed by atoms with Gasteiger partial charge >= 0.3 is 0 Å². The fourth-order valence-corrected chi connectivity index (χ4v) is 5.11. The van der Waals surface area contributed by atoms with Crippen LogP contribution >= 0.6 is 0 Å². The zero-order chi connectivity index (χ0) is 22.3. The molecule has 0 aromatic heterocycles. The number of carbonyl (C=O) groups is 1. The number of nitrogens with one attached hydrogen (secondary N) is 1. The lowest BCUT2D eigenvalue weighted by molar-refractivity contribution is -0.147. The number of carbonyl (C=O) groups excluding carboxylic acids is 1. The van der Waals surface area contributed by atoms with E-state index in [-0.39, 0.29) is 5.91 Å². The lowest BCUT2D eigenvalue weighted by atomic mass is 9.78. The second-order valence-corrected chi connectivity index (χ2v) is 10.1. The summed E-state index contributed by atoms with van der Waals surface area (Å²) in [5.41, 5.74) is 0.120. The third kappa shape index (κ3) is 6.95. The highest BCUT2D eigenvalue weighted by Gasteiger charge is 2.42. The minimum atomic E-state index is -0.680. The van der Waals surface area contributed by atoms with E-state index in [4.69, 9.17) is 9.47 Å². The van der Waals surface area contributed by atoms with E-state index in [1.807, 2.05) is 24.3 Å². The fourth-order valence-electron chi connectivity index (χ4n) is 5.11. The van der Waals surface area contributed by atoms with Gasteiger partial charge in [0.15, 0.2) is 0 Å².